The van der Waals surface area contributed by atoms with E-state index in [1.807, 2.05) is 48.5 Å². The summed E-state index contributed by atoms with van der Waals surface area (Å²) in [5.41, 5.74) is 3.26. The fourth-order valence-corrected chi connectivity index (χ4v) is 3.72. The third kappa shape index (κ3) is 3.43. The fraction of sp³-hybridized carbons (Fsp3) is 0.211. The molecule has 2 aromatic carbocycles. The Morgan fingerprint density at radius 3 is 2.81 bits per heavy atom. The number of aromatic nitrogens is 2. The number of aromatic amines is 1. The molecule has 7 heteroatoms. The van der Waals surface area contributed by atoms with Crippen molar-refractivity contribution >= 4 is 46.0 Å². The van der Waals surface area contributed by atoms with Gasteiger partial charge in [0.1, 0.15) is 0 Å². The lowest BCUT2D eigenvalue weighted by atomic mass is 10.2. The van der Waals surface area contributed by atoms with Crippen molar-refractivity contribution in [2.75, 3.05) is 22.5 Å². The first-order chi connectivity index (χ1) is 12.7. The van der Waals surface area contributed by atoms with Gasteiger partial charge in [-0.1, -0.05) is 36.0 Å². The highest BCUT2D eigenvalue weighted by molar-refractivity contribution is 7.99. The van der Waals surface area contributed by atoms with E-state index in [0.717, 1.165) is 23.1 Å². The summed E-state index contributed by atoms with van der Waals surface area (Å²) in [5, 5.41) is 3.63. The number of amides is 2. The normalized spacial score (nSPS) is 14.2. The van der Waals surface area contributed by atoms with E-state index < -0.39 is 0 Å². The first-order valence-electron chi connectivity index (χ1n) is 8.47. The maximum Gasteiger partial charge on any atom is 0.234 e. The number of thioether (sulfide) groups is 1. The molecule has 0 aliphatic carbocycles. The Bertz CT molecular complexity index is 936. The Kier molecular flexibility index (Phi) is 4.62. The average molecular weight is 366 g/mol. The van der Waals surface area contributed by atoms with Gasteiger partial charge in [-0.3, -0.25) is 9.59 Å². The zero-order chi connectivity index (χ0) is 17.9. The lowest BCUT2D eigenvalue weighted by molar-refractivity contribution is -0.117. The van der Waals surface area contributed by atoms with Crippen molar-refractivity contribution in [1.29, 1.82) is 0 Å². The third-order valence-electron chi connectivity index (χ3n) is 4.25. The van der Waals surface area contributed by atoms with E-state index in [9.17, 15) is 9.59 Å². The third-order valence-corrected chi connectivity index (χ3v) is 5.12. The molecule has 132 valence electrons. The van der Waals surface area contributed by atoms with Gasteiger partial charge < -0.3 is 15.2 Å². The SMILES string of the molecule is O=C(CSc1nc2ccccc2[nH]1)Nc1ccccc1N1CCCC1=O. The lowest BCUT2D eigenvalue weighted by Crippen LogP contribution is -2.26. The van der Waals surface area contributed by atoms with Gasteiger partial charge in [0.2, 0.25) is 11.8 Å². The van der Waals surface area contributed by atoms with Gasteiger partial charge in [-0.05, 0) is 30.7 Å². The number of carbonyl (C=O) groups excluding carboxylic acids is 2. The van der Waals surface area contributed by atoms with Crippen molar-refractivity contribution < 1.29 is 9.59 Å². The number of benzene rings is 2. The standard InChI is InChI=1S/C19H18N4O2S/c24-17(12-26-19-21-13-6-1-2-7-14(13)22-19)20-15-8-3-4-9-16(15)23-11-5-10-18(23)25/h1-4,6-9H,5,10-12H2,(H,20,24)(H,21,22). The fourth-order valence-electron chi connectivity index (χ4n) is 3.04. The largest absolute Gasteiger partial charge is 0.333 e. The van der Waals surface area contributed by atoms with Crippen molar-refractivity contribution in [3.8, 4) is 0 Å². The summed E-state index contributed by atoms with van der Waals surface area (Å²) in [5.74, 6) is 0.208. The van der Waals surface area contributed by atoms with Gasteiger partial charge >= 0.3 is 0 Å². The molecule has 0 radical (unpaired) electrons. The van der Waals surface area contributed by atoms with Crippen LogP contribution in [0.2, 0.25) is 0 Å². The van der Waals surface area contributed by atoms with E-state index in [0.29, 0.717) is 23.8 Å². The first kappa shape index (κ1) is 16.7. The number of rotatable bonds is 5. The van der Waals surface area contributed by atoms with Crippen LogP contribution in [0.1, 0.15) is 12.8 Å². The van der Waals surface area contributed by atoms with Crippen molar-refractivity contribution in [2.45, 2.75) is 18.0 Å². The van der Waals surface area contributed by atoms with E-state index in [4.69, 9.17) is 0 Å². The molecule has 2 amide bonds. The predicted molar refractivity (Wildman–Crippen MR) is 103 cm³/mol. The second kappa shape index (κ2) is 7.21. The molecule has 2 heterocycles. The summed E-state index contributed by atoms with van der Waals surface area (Å²) in [4.78, 5) is 33.8. The lowest BCUT2D eigenvalue weighted by Gasteiger charge is -2.19. The number of hydrogen-bond acceptors (Lipinski definition) is 4. The van der Waals surface area contributed by atoms with E-state index in [1.165, 1.54) is 11.8 Å². The molecule has 1 aliphatic rings. The molecule has 26 heavy (non-hydrogen) atoms. The zero-order valence-corrected chi connectivity index (χ0v) is 14.9. The number of imidazole rings is 1. The van der Waals surface area contributed by atoms with Crippen LogP contribution in [-0.4, -0.2) is 34.1 Å². The summed E-state index contributed by atoms with van der Waals surface area (Å²) in [6.45, 7) is 0.694. The Labute approximate surface area is 155 Å². The van der Waals surface area contributed by atoms with Gasteiger partial charge in [0, 0.05) is 13.0 Å². The Morgan fingerprint density at radius 2 is 2.00 bits per heavy atom. The van der Waals surface area contributed by atoms with Crippen LogP contribution in [0.15, 0.2) is 53.7 Å². The maximum atomic E-state index is 12.4. The second-order valence-electron chi connectivity index (χ2n) is 6.06. The first-order valence-corrected chi connectivity index (χ1v) is 9.46. The number of nitrogens with one attached hydrogen (secondary N) is 2. The Hall–Kier alpha value is -2.80. The minimum Gasteiger partial charge on any atom is -0.333 e. The van der Waals surface area contributed by atoms with Crippen LogP contribution < -0.4 is 10.2 Å². The highest BCUT2D eigenvalue weighted by atomic mass is 32.2. The van der Waals surface area contributed by atoms with Crippen LogP contribution in [0.25, 0.3) is 11.0 Å². The monoisotopic (exact) mass is 366 g/mol. The van der Waals surface area contributed by atoms with E-state index in [-0.39, 0.29) is 17.6 Å². The van der Waals surface area contributed by atoms with Crippen LogP contribution in [0, 0.1) is 0 Å². The summed E-state index contributed by atoms with van der Waals surface area (Å²) >= 11 is 1.35. The molecule has 3 aromatic rings. The number of hydrogen-bond donors (Lipinski definition) is 2. The highest BCUT2D eigenvalue weighted by Crippen LogP contribution is 2.29. The van der Waals surface area contributed by atoms with E-state index in [2.05, 4.69) is 15.3 Å². The van der Waals surface area contributed by atoms with Crippen molar-refractivity contribution in [1.82, 2.24) is 9.97 Å². The number of H-pyrrole nitrogens is 1. The number of anilines is 2. The van der Waals surface area contributed by atoms with E-state index in [1.54, 1.807) is 4.90 Å². The van der Waals surface area contributed by atoms with Gasteiger partial charge in [-0.25, -0.2) is 4.98 Å². The molecule has 1 aromatic heterocycles. The molecule has 4 rings (SSSR count). The van der Waals surface area contributed by atoms with Crippen molar-refractivity contribution in [3.05, 3.63) is 48.5 Å². The van der Waals surface area contributed by atoms with Crippen LogP contribution in [0.3, 0.4) is 0 Å². The van der Waals surface area contributed by atoms with E-state index >= 15 is 0 Å². The smallest absolute Gasteiger partial charge is 0.234 e. The molecule has 0 saturated carbocycles. The predicted octanol–water partition coefficient (Wildman–Crippen LogP) is 3.42. The maximum absolute atomic E-state index is 12.4. The number of carbonyl (C=O) groups is 2. The van der Waals surface area contributed by atoms with Crippen LogP contribution in [-0.2, 0) is 9.59 Å². The zero-order valence-electron chi connectivity index (χ0n) is 14.1. The summed E-state index contributed by atoms with van der Waals surface area (Å²) in [6.07, 6.45) is 1.41. The molecule has 2 N–H and O–H groups in total. The second-order valence-corrected chi connectivity index (χ2v) is 7.03. The highest BCUT2D eigenvalue weighted by Gasteiger charge is 2.24. The number of nitrogens with zero attached hydrogens (tertiary/aromatic N) is 2. The topological polar surface area (TPSA) is 78.1 Å². The van der Waals surface area contributed by atoms with Gasteiger partial charge in [0.05, 0.1) is 28.2 Å². The van der Waals surface area contributed by atoms with Crippen molar-refractivity contribution in [3.63, 3.8) is 0 Å². The molecule has 1 saturated heterocycles. The van der Waals surface area contributed by atoms with Gasteiger partial charge in [0.25, 0.3) is 0 Å². The Balaban J connectivity index is 1.43. The molecule has 0 spiro atoms. The molecular weight excluding hydrogens is 348 g/mol. The molecule has 6 nitrogen and oxygen atoms in total. The minimum atomic E-state index is -0.130. The number of para-hydroxylation sites is 4. The van der Waals surface area contributed by atoms with Crippen LogP contribution >= 0.6 is 11.8 Å². The summed E-state index contributed by atoms with van der Waals surface area (Å²) in [6, 6.07) is 15.2. The summed E-state index contributed by atoms with van der Waals surface area (Å²) in [7, 11) is 0. The van der Waals surface area contributed by atoms with Gasteiger partial charge in [-0.15, -0.1) is 0 Å². The molecule has 0 atom stereocenters. The minimum absolute atomic E-state index is 0.100. The molecule has 1 fully saturated rings. The average Bonchev–Trinajstić information content (AvgIpc) is 3.26. The quantitative estimate of drug-likeness (QED) is 0.678. The Morgan fingerprint density at radius 1 is 1.19 bits per heavy atom. The van der Waals surface area contributed by atoms with Crippen molar-refractivity contribution in [2.24, 2.45) is 0 Å². The molecule has 0 bridgehead atoms. The van der Waals surface area contributed by atoms with Gasteiger partial charge in [0.15, 0.2) is 5.16 Å². The van der Waals surface area contributed by atoms with Gasteiger partial charge in [-0.2, -0.15) is 0 Å². The molecule has 0 unspecified atom stereocenters. The van der Waals surface area contributed by atoms with Crippen LogP contribution in [0.5, 0.6) is 0 Å². The molecular formula is C19H18N4O2S. The van der Waals surface area contributed by atoms with Crippen LogP contribution in [0.4, 0.5) is 11.4 Å². The number of fused-ring (bicyclic) bond motifs is 1. The molecule has 1 aliphatic heterocycles. The summed E-state index contributed by atoms with van der Waals surface area (Å²) < 4.78 is 0.